The second-order valence-electron chi connectivity index (χ2n) is 7.19. The fraction of sp³-hybridized carbons (Fsp3) is 0.286. The van der Waals surface area contributed by atoms with Crippen molar-refractivity contribution in [1.29, 1.82) is 0 Å². The molecule has 3 heterocycles. The predicted octanol–water partition coefficient (Wildman–Crippen LogP) is 6.68. The molecule has 4 rings (SSSR count). The van der Waals surface area contributed by atoms with Crippen LogP contribution in [0.2, 0.25) is 0 Å². The monoisotopic (exact) mass is 506 g/mol. The maximum absolute atomic E-state index is 12.9. The minimum absolute atomic E-state index is 0.0667. The largest absolute Gasteiger partial charge is 0.360 e. The normalized spacial score (nSPS) is 11.5. The summed E-state index contributed by atoms with van der Waals surface area (Å²) >= 11 is 2.19. The van der Waals surface area contributed by atoms with Crippen LogP contribution in [0.3, 0.4) is 0 Å². The first-order valence-corrected chi connectivity index (χ1v) is 12.5. The third-order valence-corrected chi connectivity index (χ3v) is 6.03. The molecule has 7 heteroatoms. The van der Waals surface area contributed by atoms with E-state index in [0.29, 0.717) is 16.7 Å². The second kappa shape index (κ2) is 8.24. The predicted molar refractivity (Wildman–Crippen MR) is 127 cm³/mol. The Morgan fingerprint density at radius 3 is 2.61 bits per heavy atom. The number of benzene rings is 1. The lowest BCUT2D eigenvalue weighted by Crippen LogP contribution is -2.20. The number of fused-ring (bicyclic) bond motifs is 2. The lowest BCUT2D eigenvalue weighted by atomic mass is 9.87. The van der Waals surface area contributed by atoms with E-state index in [1.165, 1.54) is 9.12 Å². The zero-order valence-electron chi connectivity index (χ0n) is 16.6. The number of hydrogen-bond donors (Lipinski definition) is 1. The lowest BCUT2D eigenvalue weighted by Gasteiger charge is -2.15. The minimum atomic E-state index is -0.479. The number of ketones is 1. The van der Waals surface area contributed by atoms with Gasteiger partial charge in [-0.25, -0.2) is 9.97 Å². The zero-order chi connectivity index (χ0) is 20.5. The first-order valence-electron chi connectivity index (χ1n) is 9.18. The number of aromatic nitrogens is 4. The van der Waals surface area contributed by atoms with E-state index >= 15 is 0 Å². The van der Waals surface area contributed by atoms with Gasteiger partial charge in [-0.3, -0.25) is 8.77 Å². The molecule has 0 saturated carbocycles. The Balaban J connectivity index is 0.00000109. The fourth-order valence-corrected chi connectivity index (χ4v) is 4.25. The van der Waals surface area contributed by atoms with Crippen molar-refractivity contribution in [3.8, 4) is 11.3 Å². The zero-order valence-corrected chi connectivity index (χ0v) is 19.6. The topological polar surface area (TPSA) is 63.6 Å². The number of nitrogens with one attached hydrogen (secondary N) is 1. The molecule has 0 aliphatic rings. The molecule has 0 bridgehead atoms. The van der Waals surface area contributed by atoms with E-state index < -0.39 is 5.41 Å². The number of H-pyrrole nitrogens is 1. The highest BCUT2D eigenvalue weighted by molar-refractivity contribution is 14.2. The third-order valence-electron chi connectivity index (χ3n) is 4.33. The molecule has 28 heavy (non-hydrogen) atoms. The van der Waals surface area contributed by atoms with Gasteiger partial charge < -0.3 is 4.98 Å². The summed E-state index contributed by atoms with van der Waals surface area (Å²) in [5.74, 6) is 0.0667. The van der Waals surface area contributed by atoms with E-state index in [2.05, 4.69) is 37.2 Å². The van der Waals surface area contributed by atoms with Crippen molar-refractivity contribution in [3.05, 3.63) is 48.4 Å². The van der Waals surface area contributed by atoms with Crippen LogP contribution in [0.15, 0.2) is 42.9 Å². The van der Waals surface area contributed by atoms with Crippen molar-refractivity contribution in [2.45, 2.75) is 34.6 Å². The van der Waals surface area contributed by atoms with Gasteiger partial charge in [-0.15, -0.1) is 0 Å². The SMILES string of the molecule is CC.CC(C)(C)C(=O)c1cn(SI)c2ncc(-c3c[nH]c4ccccc34)nc12. The first kappa shape index (κ1) is 20.9. The summed E-state index contributed by atoms with van der Waals surface area (Å²) in [7, 11) is 1.48. The molecule has 146 valence electrons. The molecule has 0 unspecified atom stereocenters. The van der Waals surface area contributed by atoms with Crippen LogP contribution in [0.25, 0.3) is 33.3 Å². The molecule has 0 saturated heterocycles. The van der Waals surface area contributed by atoms with Gasteiger partial charge in [-0.1, -0.05) is 52.8 Å². The quantitative estimate of drug-likeness (QED) is 0.249. The van der Waals surface area contributed by atoms with Gasteiger partial charge in [0.2, 0.25) is 0 Å². The highest BCUT2D eigenvalue weighted by Gasteiger charge is 2.28. The Labute approximate surface area is 181 Å². The van der Waals surface area contributed by atoms with Gasteiger partial charge >= 0.3 is 0 Å². The average molecular weight is 506 g/mol. The molecule has 1 N–H and O–H groups in total. The highest BCUT2D eigenvalue weighted by atomic mass is 127. The Morgan fingerprint density at radius 1 is 1.21 bits per heavy atom. The molecule has 1 aromatic carbocycles. The molecule has 0 aliphatic heterocycles. The van der Waals surface area contributed by atoms with Crippen molar-refractivity contribution < 1.29 is 4.79 Å². The molecule has 0 radical (unpaired) electrons. The van der Waals surface area contributed by atoms with E-state index in [-0.39, 0.29) is 5.78 Å². The summed E-state index contributed by atoms with van der Waals surface area (Å²) in [6.07, 6.45) is 5.55. The maximum atomic E-state index is 12.9. The van der Waals surface area contributed by atoms with Crippen LogP contribution in [0.5, 0.6) is 0 Å². The van der Waals surface area contributed by atoms with Crippen LogP contribution >= 0.6 is 30.3 Å². The van der Waals surface area contributed by atoms with Crippen LogP contribution in [-0.4, -0.2) is 24.7 Å². The molecule has 0 fully saturated rings. The number of rotatable bonds is 3. The summed E-state index contributed by atoms with van der Waals surface area (Å²) in [4.78, 5) is 25.6. The van der Waals surface area contributed by atoms with Gasteiger partial charge in [-0.05, 0) is 6.07 Å². The van der Waals surface area contributed by atoms with Gasteiger partial charge in [0.1, 0.15) is 5.52 Å². The van der Waals surface area contributed by atoms with E-state index in [1.54, 1.807) is 6.20 Å². The molecule has 0 amide bonds. The Bertz CT molecular complexity index is 1140. The lowest BCUT2D eigenvalue weighted by molar-refractivity contribution is 0.0860. The Kier molecular flexibility index (Phi) is 6.14. The summed E-state index contributed by atoms with van der Waals surface area (Å²) in [5, 5.41) is 1.09. The number of hydrogen-bond acceptors (Lipinski definition) is 4. The van der Waals surface area contributed by atoms with Crippen LogP contribution in [-0.2, 0) is 0 Å². The number of halogens is 1. The second-order valence-corrected chi connectivity index (χ2v) is 8.91. The van der Waals surface area contributed by atoms with Gasteiger partial charge in [0.15, 0.2) is 11.4 Å². The van der Waals surface area contributed by atoms with E-state index in [0.717, 1.165) is 22.2 Å². The van der Waals surface area contributed by atoms with Crippen molar-refractivity contribution >= 4 is 58.2 Å². The Morgan fingerprint density at radius 2 is 1.93 bits per heavy atom. The van der Waals surface area contributed by atoms with E-state index in [9.17, 15) is 4.79 Å². The van der Waals surface area contributed by atoms with Gasteiger partial charge in [-0.2, -0.15) is 0 Å². The molecule has 0 aliphatic carbocycles. The van der Waals surface area contributed by atoms with Gasteiger partial charge in [0.05, 0.1) is 17.5 Å². The molecule has 0 spiro atoms. The highest BCUT2D eigenvalue weighted by Crippen LogP contribution is 2.33. The summed E-state index contributed by atoms with van der Waals surface area (Å²) in [6, 6.07) is 8.08. The standard InChI is InChI=1S/C19H17IN4OS.C2H6/c1-19(2,3)17(25)13-10-24(26-20)18-16(13)23-15(9-22-18)12-8-21-14-7-5-4-6-11(12)14;1-2/h4-10,21H,1-3H3;1-2H3. The summed E-state index contributed by atoms with van der Waals surface area (Å²) < 4.78 is 1.89. The van der Waals surface area contributed by atoms with Crippen molar-refractivity contribution in [1.82, 2.24) is 18.9 Å². The van der Waals surface area contributed by atoms with Crippen molar-refractivity contribution in [2.24, 2.45) is 5.41 Å². The number of nitrogens with zero attached hydrogens (tertiary/aromatic N) is 3. The van der Waals surface area contributed by atoms with Crippen molar-refractivity contribution in [2.75, 3.05) is 0 Å². The smallest absolute Gasteiger partial charge is 0.172 e. The van der Waals surface area contributed by atoms with Gasteiger partial charge in [0, 0.05) is 64.6 Å². The first-order chi connectivity index (χ1) is 13.4. The fourth-order valence-electron chi connectivity index (χ4n) is 3.00. The average Bonchev–Trinajstić information content (AvgIpc) is 3.29. The van der Waals surface area contributed by atoms with E-state index in [1.807, 2.05) is 69.2 Å². The number of aromatic amines is 1. The van der Waals surface area contributed by atoms with E-state index in [4.69, 9.17) is 4.98 Å². The van der Waals surface area contributed by atoms with Crippen molar-refractivity contribution in [3.63, 3.8) is 0 Å². The number of Topliss-reactive ketones (excluding diaryl/α,β-unsaturated/α-hetero) is 1. The maximum Gasteiger partial charge on any atom is 0.172 e. The number of carbonyl (C=O) groups is 1. The molecule has 4 aromatic rings. The molecular formula is C21H23IN4OS. The molecule has 5 nitrogen and oxygen atoms in total. The minimum Gasteiger partial charge on any atom is -0.360 e. The summed E-state index contributed by atoms with van der Waals surface area (Å²) in [5.41, 5.74) is 4.29. The van der Waals surface area contributed by atoms with Crippen LogP contribution in [0.4, 0.5) is 0 Å². The molecule has 3 aromatic heterocycles. The van der Waals surface area contributed by atoms with Crippen LogP contribution in [0.1, 0.15) is 45.0 Å². The van der Waals surface area contributed by atoms with Crippen LogP contribution < -0.4 is 0 Å². The number of para-hydroxylation sites is 1. The Hall–Kier alpha value is -1.87. The molecular weight excluding hydrogens is 483 g/mol. The third kappa shape index (κ3) is 3.69. The summed E-state index contributed by atoms with van der Waals surface area (Å²) in [6.45, 7) is 9.77. The van der Waals surface area contributed by atoms with Crippen LogP contribution in [0, 0.1) is 5.41 Å². The number of carbonyl (C=O) groups excluding carboxylic acids is 1. The van der Waals surface area contributed by atoms with Gasteiger partial charge in [0.25, 0.3) is 0 Å². The molecule has 0 atom stereocenters.